The first-order valence-electron chi connectivity index (χ1n) is 5.84. The first kappa shape index (κ1) is 14.4. The van der Waals surface area contributed by atoms with Crippen LogP contribution < -0.4 is 5.32 Å². The highest BCUT2D eigenvalue weighted by molar-refractivity contribution is 9.10. The summed E-state index contributed by atoms with van der Waals surface area (Å²) in [5, 5.41) is 17.7. The SMILES string of the molecule is Cc1c(C(CO)Nc2ccc(Cl)c(Br)c2)cnn1C. The number of nitrogens with one attached hydrogen (secondary N) is 1. The van der Waals surface area contributed by atoms with Crippen LogP contribution in [0, 0.1) is 6.92 Å². The van der Waals surface area contributed by atoms with Gasteiger partial charge in [0.25, 0.3) is 0 Å². The number of aliphatic hydroxyl groups excluding tert-OH is 1. The maximum atomic E-state index is 9.56. The molecule has 0 radical (unpaired) electrons. The summed E-state index contributed by atoms with van der Waals surface area (Å²) >= 11 is 9.34. The Hall–Kier alpha value is -1.04. The van der Waals surface area contributed by atoms with Crippen LogP contribution in [-0.2, 0) is 7.05 Å². The largest absolute Gasteiger partial charge is 0.394 e. The van der Waals surface area contributed by atoms with Gasteiger partial charge in [-0.2, -0.15) is 5.10 Å². The van der Waals surface area contributed by atoms with Crippen molar-refractivity contribution in [3.63, 3.8) is 0 Å². The molecule has 2 aromatic rings. The molecule has 0 aliphatic heterocycles. The van der Waals surface area contributed by atoms with E-state index in [9.17, 15) is 5.11 Å². The van der Waals surface area contributed by atoms with Gasteiger partial charge in [-0.1, -0.05) is 11.6 Å². The van der Waals surface area contributed by atoms with Gasteiger partial charge in [0.05, 0.1) is 23.9 Å². The van der Waals surface area contributed by atoms with Crippen molar-refractivity contribution in [2.75, 3.05) is 11.9 Å². The van der Waals surface area contributed by atoms with Crippen LogP contribution in [0.15, 0.2) is 28.9 Å². The van der Waals surface area contributed by atoms with Gasteiger partial charge in [-0.25, -0.2) is 0 Å². The lowest BCUT2D eigenvalue weighted by Gasteiger charge is -2.18. The summed E-state index contributed by atoms with van der Waals surface area (Å²) in [5.74, 6) is 0. The van der Waals surface area contributed by atoms with E-state index in [1.165, 1.54) is 0 Å². The van der Waals surface area contributed by atoms with Gasteiger partial charge in [-0.15, -0.1) is 0 Å². The number of benzene rings is 1. The first-order valence-corrected chi connectivity index (χ1v) is 7.01. The summed E-state index contributed by atoms with van der Waals surface area (Å²) in [6.07, 6.45) is 1.77. The minimum atomic E-state index is -0.193. The van der Waals surface area contributed by atoms with Crippen LogP contribution in [0.2, 0.25) is 5.02 Å². The third-order valence-electron chi connectivity index (χ3n) is 3.09. The first-order chi connectivity index (χ1) is 9.02. The van der Waals surface area contributed by atoms with Crippen molar-refractivity contribution < 1.29 is 5.11 Å². The van der Waals surface area contributed by atoms with Crippen LogP contribution in [-0.4, -0.2) is 21.5 Å². The molecule has 4 nitrogen and oxygen atoms in total. The number of hydrogen-bond donors (Lipinski definition) is 2. The number of aryl methyl sites for hydroxylation is 1. The van der Waals surface area contributed by atoms with Crippen LogP contribution in [0.3, 0.4) is 0 Å². The third kappa shape index (κ3) is 3.11. The summed E-state index contributed by atoms with van der Waals surface area (Å²) in [6.45, 7) is 1.97. The molecule has 0 aliphatic rings. The normalized spacial score (nSPS) is 12.5. The Morgan fingerprint density at radius 1 is 1.53 bits per heavy atom. The van der Waals surface area contributed by atoms with E-state index in [1.54, 1.807) is 16.9 Å². The maximum Gasteiger partial charge on any atom is 0.0778 e. The lowest BCUT2D eigenvalue weighted by Crippen LogP contribution is -2.15. The van der Waals surface area contributed by atoms with E-state index in [1.807, 2.05) is 26.1 Å². The highest BCUT2D eigenvalue weighted by Gasteiger charge is 2.16. The van der Waals surface area contributed by atoms with Gasteiger partial charge in [0, 0.05) is 28.5 Å². The molecule has 1 aromatic carbocycles. The van der Waals surface area contributed by atoms with Gasteiger partial charge >= 0.3 is 0 Å². The highest BCUT2D eigenvalue weighted by Crippen LogP contribution is 2.28. The van der Waals surface area contributed by atoms with Crippen molar-refractivity contribution in [2.45, 2.75) is 13.0 Å². The summed E-state index contributed by atoms with van der Waals surface area (Å²) in [4.78, 5) is 0. The van der Waals surface area contributed by atoms with Crippen molar-refractivity contribution in [1.29, 1.82) is 0 Å². The van der Waals surface area contributed by atoms with E-state index in [0.29, 0.717) is 5.02 Å². The molecular weight excluding hydrogens is 330 g/mol. The third-order valence-corrected chi connectivity index (χ3v) is 4.31. The average molecular weight is 345 g/mol. The zero-order valence-electron chi connectivity index (χ0n) is 10.7. The average Bonchev–Trinajstić information content (AvgIpc) is 2.72. The summed E-state index contributed by atoms with van der Waals surface area (Å²) < 4.78 is 2.61. The number of rotatable bonds is 4. The minimum absolute atomic E-state index is 0.00716. The van der Waals surface area contributed by atoms with Crippen LogP contribution in [0.4, 0.5) is 5.69 Å². The van der Waals surface area contributed by atoms with Gasteiger partial charge in [-0.3, -0.25) is 4.68 Å². The van der Waals surface area contributed by atoms with Gasteiger partial charge in [0.1, 0.15) is 0 Å². The Morgan fingerprint density at radius 2 is 2.26 bits per heavy atom. The predicted octanol–water partition coefficient (Wildman–Crippen LogP) is 3.29. The number of hydrogen-bond acceptors (Lipinski definition) is 3. The van der Waals surface area contributed by atoms with E-state index in [2.05, 4.69) is 26.3 Å². The molecule has 6 heteroatoms. The van der Waals surface area contributed by atoms with Gasteiger partial charge in [-0.05, 0) is 41.1 Å². The molecule has 0 saturated carbocycles. The van der Waals surface area contributed by atoms with E-state index in [0.717, 1.165) is 21.4 Å². The highest BCUT2D eigenvalue weighted by atomic mass is 79.9. The molecule has 2 rings (SSSR count). The maximum absolute atomic E-state index is 9.56. The van der Waals surface area contributed by atoms with Crippen LogP contribution in [0.5, 0.6) is 0 Å². The molecule has 0 bridgehead atoms. The minimum Gasteiger partial charge on any atom is -0.394 e. The molecule has 0 spiro atoms. The standard InChI is InChI=1S/C13H15BrClN3O/c1-8-10(6-16-18(8)2)13(7-19)17-9-3-4-12(15)11(14)5-9/h3-6,13,17,19H,7H2,1-2H3. The Balaban J connectivity index is 2.24. The summed E-state index contributed by atoms with van der Waals surface area (Å²) in [7, 11) is 1.88. The zero-order chi connectivity index (χ0) is 14.0. The molecule has 0 saturated heterocycles. The van der Waals surface area contributed by atoms with Crippen molar-refractivity contribution in [1.82, 2.24) is 9.78 Å². The van der Waals surface area contributed by atoms with E-state index in [4.69, 9.17) is 11.6 Å². The Bertz CT molecular complexity index is 585. The zero-order valence-corrected chi connectivity index (χ0v) is 13.0. The second-order valence-electron chi connectivity index (χ2n) is 4.32. The smallest absolute Gasteiger partial charge is 0.0778 e. The van der Waals surface area contributed by atoms with Crippen molar-refractivity contribution in [2.24, 2.45) is 7.05 Å². The molecule has 2 N–H and O–H groups in total. The molecule has 1 atom stereocenters. The number of anilines is 1. The molecule has 102 valence electrons. The lowest BCUT2D eigenvalue weighted by molar-refractivity contribution is 0.276. The fraction of sp³-hybridized carbons (Fsp3) is 0.308. The molecule has 19 heavy (non-hydrogen) atoms. The van der Waals surface area contributed by atoms with Gasteiger partial charge < -0.3 is 10.4 Å². The van der Waals surface area contributed by atoms with E-state index >= 15 is 0 Å². The fourth-order valence-electron chi connectivity index (χ4n) is 1.87. The Kier molecular flexibility index (Phi) is 4.50. The van der Waals surface area contributed by atoms with Crippen molar-refractivity contribution in [3.05, 3.63) is 45.1 Å². The Morgan fingerprint density at radius 3 is 2.79 bits per heavy atom. The molecule has 0 aliphatic carbocycles. The Labute approximate surface area is 125 Å². The lowest BCUT2D eigenvalue weighted by atomic mass is 10.1. The van der Waals surface area contributed by atoms with E-state index < -0.39 is 0 Å². The fourth-order valence-corrected chi connectivity index (χ4v) is 2.36. The predicted molar refractivity (Wildman–Crippen MR) is 80.5 cm³/mol. The van der Waals surface area contributed by atoms with Crippen LogP contribution in [0.25, 0.3) is 0 Å². The molecule has 0 amide bonds. The molecular formula is C13H15BrClN3O. The van der Waals surface area contributed by atoms with Gasteiger partial charge in [0.2, 0.25) is 0 Å². The molecule has 1 unspecified atom stereocenters. The summed E-state index contributed by atoms with van der Waals surface area (Å²) in [6, 6.07) is 5.37. The van der Waals surface area contributed by atoms with Crippen molar-refractivity contribution >= 4 is 33.2 Å². The van der Waals surface area contributed by atoms with Crippen molar-refractivity contribution in [3.8, 4) is 0 Å². The molecule has 1 aromatic heterocycles. The van der Waals surface area contributed by atoms with Crippen LogP contribution >= 0.6 is 27.5 Å². The van der Waals surface area contributed by atoms with Gasteiger partial charge in [0.15, 0.2) is 0 Å². The number of nitrogens with zero attached hydrogens (tertiary/aromatic N) is 2. The second kappa shape index (κ2) is 5.94. The summed E-state index contributed by atoms with van der Waals surface area (Å²) in [5.41, 5.74) is 2.90. The quantitative estimate of drug-likeness (QED) is 0.895. The second-order valence-corrected chi connectivity index (χ2v) is 5.58. The van der Waals surface area contributed by atoms with Crippen LogP contribution in [0.1, 0.15) is 17.3 Å². The topological polar surface area (TPSA) is 50.1 Å². The molecule has 0 fully saturated rings. The van der Waals surface area contributed by atoms with E-state index in [-0.39, 0.29) is 12.6 Å². The molecule has 1 heterocycles. The number of halogens is 2. The number of aliphatic hydroxyl groups is 1. The monoisotopic (exact) mass is 343 g/mol. The number of aromatic nitrogens is 2.